The zero-order chi connectivity index (χ0) is 17.2. The van der Waals surface area contributed by atoms with Gasteiger partial charge in [0.05, 0.1) is 11.0 Å². The van der Waals surface area contributed by atoms with Gasteiger partial charge in [0.2, 0.25) is 15.9 Å². The number of β-amino-alcohol motifs (C(OH)–C–C–N with tert-alkyl or cyclic N) is 1. The third-order valence-corrected chi connectivity index (χ3v) is 5.26. The van der Waals surface area contributed by atoms with Crippen molar-refractivity contribution < 1.29 is 32.6 Å². The van der Waals surface area contributed by atoms with Crippen molar-refractivity contribution in [3.8, 4) is 0 Å². The summed E-state index contributed by atoms with van der Waals surface area (Å²) in [6.45, 7) is -0.958. The third-order valence-electron chi connectivity index (χ3n) is 3.37. The molecule has 10 heteroatoms. The summed E-state index contributed by atoms with van der Waals surface area (Å²) in [6.07, 6.45) is -1.20. The van der Waals surface area contributed by atoms with Crippen molar-refractivity contribution in [2.45, 2.75) is 23.5 Å². The minimum Gasteiger partial charge on any atom is -0.480 e. The molecule has 1 fully saturated rings. The van der Waals surface area contributed by atoms with Crippen LogP contribution in [0.25, 0.3) is 0 Å². The summed E-state index contributed by atoms with van der Waals surface area (Å²) in [7, 11) is -4.12. The predicted molar refractivity (Wildman–Crippen MR) is 75.3 cm³/mol. The summed E-state index contributed by atoms with van der Waals surface area (Å²) in [6, 6.07) is 2.83. The molecule has 2 unspecified atom stereocenters. The molecular weight excluding hydrogens is 331 g/mol. The van der Waals surface area contributed by atoms with Crippen LogP contribution in [0.15, 0.2) is 29.2 Å². The lowest BCUT2D eigenvalue weighted by Gasteiger charge is -2.22. The van der Waals surface area contributed by atoms with Gasteiger partial charge in [0.1, 0.15) is 18.4 Å². The largest absolute Gasteiger partial charge is 0.480 e. The van der Waals surface area contributed by atoms with E-state index in [9.17, 15) is 27.5 Å². The highest BCUT2D eigenvalue weighted by molar-refractivity contribution is 7.89. The van der Waals surface area contributed by atoms with Crippen LogP contribution in [0.4, 0.5) is 4.39 Å². The van der Waals surface area contributed by atoms with Crippen molar-refractivity contribution in [3.05, 3.63) is 30.1 Å². The molecule has 126 valence electrons. The first-order valence-electron chi connectivity index (χ1n) is 6.67. The molecule has 1 saturated heterocycles. The van der Waals surface area contributed by atoms with Gasteiger partial charge in [-0.15, -0.1) is 0 Å². The third kappa shape index (κ3) is 3.84. The highest BCUT2D eigenvalue weighted by Gasteiger charge is 2.43. The fraction of sp³-hybridized carbons (Fsp3) is 0.385. The van der Waals surface area contributed by atoms with Gasteiger partial charge in [0.25, 0.3) is 0 Å². The number of sulfonamides is 1. The Morgan fingerprint density at radius 2 is 1.91 bits per heavy atom. The molecule has 1 aliphatic rings. The average Bonchev–Trinajstić information content (AvgIpc) is 2.88. The van der Waals surface area contributed by atoms with E-state index in [1.807, 2.05) is 0 Å². The number of aliphatic hydroxyl groups excluding tert-OH is 1. The number of hydrogen-bond acceptors (Lipinski definition) is 5. The van der Waals surface area contributed by atoms with Gasteiger partial charge >= 0.3 is 5.97 Å². The van der Waals surface area contributed by atoms with Crippen LogP contribution in [0, 0.1) is 5.82 Å². The van der Waals surface area contributed by atoms with Crippen LogP contribution in [0.1, 0.15) is 6.42 Å². The Morgan fingerprint density at radius 1 is 1.30 bits per heavy atom. The summed E-state index contributed by atoms with van der Waals surface area (Å²) in [5.74, 6) is -2.69. The number of nitrogens with zero attached hydrogens (tertiary/aromatic N) is 1. The summed E-state index contributed by atoms with van der Waals surface area (Å²) < 4.78 is 38.8. The van der Waals surface area contributed by atoms with E-state index < -0.39 is 46.4 Å². The number of carboxylic acid groups (broad SMARTS) is 1. The lowest BCUT2D eigenvalue weighted by atomic mass is 10.2. The first kappa shape index (κ1) is 17.3. The first-order chi connectivity index (χ1) is 10.7. The Hall–Kier alpha value is -2.04. The van der Waals surface area contributed by atoms with E-state index in [0.29, 0.717) is 0 Å². The fourth-order valence-electron chi connectivity index (χ4n) is 2.31. The number of carboxylic acids is 1. The zero-order valence-corrected chi connectivity index (χ0v) is 12.7. The standard InChI is InChI=1S/C13H15FN2O6S/c14-8-1-3-10(4-2-8)23(21,22)16-7-9(17)5-11(16)13(20)15-6-12(18)19/h1-4,9,11,17H,5-7H2,(H,15,20)(H,18,19). The highest BCUT2D eigenvalue weighted by Crippen LogP contribution is 2.26. The molecule has 1 amide bonds. The number of nitrogens with one attached hydrogen (secondary N) is 1. The molecule has 1 aromatic rings. The maximum absolute atomic E-state index is 12.9. The summed E-state index contributed by atoms with van der Waals surface area (Å²) in [5.41, 5.74) is 0. The van der Waals surface area contributed by atoms with E-state index >= 15 is 0 Å². The minimum absolute atomic E-state index is 0.147. The maximum atomic E-state index is 12.9. The Bertz CT molecular complexity index is 706. The molecule has 0 radical (unpaired) electrons. The van der Waals surface area contributed by atoms with Crippen LogP contribution >= 0.6 is 0 Å². The molecule has 2 rings (SSSR count). The SMILES string of the molecule is O=C(O)CNC(=O)C1CC(O)CN1S(=O)(=O)c1ccc(F)cc1. The van der Waals surface area contributed by atoms with Gasteiger partial charge in [-0.25, -0.2) is 12.8 Å². The summed E-state index contributed by atoms with van der Waals surface area (Å²) in [4.78, 5) is 22.3. The number of benzene rings is 1. The normalized spacial score (nSPS) is 22.0. The summed E-state index contributed by atoms with van der Waals surface area (Å²) >= 11 is 0. The zero-order valence-electron chi connectivity index (χ0n) is 11.8. The molecule has 0 spiro atoms. The molecule has 0 aromatic heterocycles. The second-order valence-electron chi connectivity index (χ2n) is 5.05. The van der Waals surface area contributed by atoms with Crippen molar-refractivity contribution in [2.24, 2.45) is 0 Å². The van der Waals surface area contributed by atoms with E-state index in [-0.39, 0.29) is 17.9 Å². The smallest absolute Gasteiger partial charge is 0.322 e. The number of amides is 1. The first-order valence-corrected chi connectivity index (χ1v) is 8.11. The van der Waals surface area contributed by atoms with E-state index in [1.165, 1.54) is 0 Å². The molecule has 8 nitrogen and oxygen atoms in total. The van der Waals surface area contributed by atoms with Crippen LogP contribution in [0.2, 0.25) is 0 Å². The van der Waals surface area contributed by atoms with E-state index in [4.69, 9.17) is 5.11 Å². The lowest BCUT2D eigenvalue weighted by molar-refractivity contribution is -0.138. The van der Waals surface area contributed by atoms with Gasteiger partial charge in [-0.05, 0) is 24.3 Å². The molecule has 2 atom stereocenters. The molecule has 23 heavy (non-hydrogen) atoms. The number of hydrogen-bond donors (Lipinski definition) is 3. The van der Waals surface area contributed by atoms with Crippen LogP contribution in [0.5, 0.6) is 0 Å². The summed E-state index contributed by atoms with van der Waals surface area (Å²) in [5, 5.41) is 20.3. The van der Waals surface area contributed by atoms with Crippen molar-refractivity contribution in [1.29, 1.82) is 0 Å². The number of carbonyl (C=O) groups excluding carboxylic acids is 1. The topological polar surface area (TPSA) is 124 Å². The number of aliphatic carboxylic acids is 1. The molecule has 1 aromatic carbocycles. The number of halogens is 1. The fourth-order valence-corrected chi connectivity index (χ4v) is 3.95. The number of aliphatic hydroxyl groups is 1. The molecule has 0 aliphatic carbocycles. The van der Waals surface area contributed by atoms with Crippen LogP contribution in [0.3, 0.4) is 0 Å². The van der Waals surface area contributed by atoms with Crippen molar-refractivity contribution in [1.82, 2.24) is 9.62 Å². The van der Waals surface area contributed by atoms with Gasteiger partial charge in [0, 0.05) is 13.0 Å². The Balaban J connectivity index is 2.25. The van der Waals surface area contributed by atoms with Gasteiger partial charge in [-0.1, -0.05) is 0 Å². The maximum Gasteiger partial charge on any atom is 0.322 e. The Kier molecular flexibility index (Phi) is 4.97. The lowest BCUT2D eigenvalue weighted by Crippen LogP contribution is -2.46. The van der Waals surface area contributed by atoms with Crippen molar-refractivity contribution in [3.63, 3.8) is 0 Å². The van der Waals surface area contributed by atoms with E-state index in [0.717, 1.165) is 28.6 Å². The van der Waals surface area contributed by atoms with Crippen molar-refractivity contribution in [2.75, 3.05) is 13.1 Å². The van der Waals surface area contributed by atoms with Crippen molar-refractivity contribution >= 4 is 21.9 Å². The van der Waals surface area contributed by atoms with E-state index in [1.54, 1.807) is 0 Å². The van der Waals surface area contributed by atoms with Gasteiger partial charge in [-0.2, -0.15) is 4.31 Å². The van der Waals surface area contributed by atoms with Crippen LogP contribution in [-0.2, 0) is 19.6 Å². The van der Waals surface area contributed by atoms with E-state index in [2.05, 4.69) is 5.32 Å². The number of carbonyl (C=O) groups is 2. The second kappa shape index (κ2) is 6.60. The van der Waals surface area contributed by atoms with Gasteiger partial charge in [0.15, 0.2) is 0 Å². The second-order valence-corrected chi connectivity index (χ2v) is 6.94. The predicted octanol–water partition coefficient (Wildman–Crippen LogP) is -0.850. The molecule has 1 aliphatic heterocycles. The monoisotopic (exact) mass is 346 g/mol. The molecular formula is C13H15FN2O6S. The van der Waals surface area contributed by atoms with Gasteiger partial charge < -0.3 is 15.5 Å². The minimum atomic E-state index is -4.12. The quantitative estimate of drug-likeness (QED) is 0.638. The average molecular weight is 346 g/mol. The van der Waals surface area contributed by atoms with Crippen LogP contribution < -0.4 is 5.32 Å². The molecule has 3 N–H and O–H groups in total. The molecule has 0 saturated carbocycles. The Labute approximate surface area is 131 Å². The highest BCUT2D eigenvalue weighted by atomic mass is 32.2. The molecule has 1 heterocycles. The Morgan fingerprint density at radius 3 is 2.48 bits per heavy atom. The van der Waals surface area contributed by atoms with Crippen LogP contribution in [-0.4, -0.2) is 60.0 Å². The van der Waals surface area contributed by atoms with Gasteiger partial charge in [-0.3, -0.25) is 9.59 Å². The molecule has 0 bridgehead atoms. The number of rotatable bonds is 5.